The molecule has 1 unspecified atom stereocenters. The molecule has 20 heavy (non-hydrogen) atoms. The van der Waals surface area contributed by atoms with Crippen molar-refractivity contribution in [3.63, 3.8) is 0 Å². The van der Waals surface area contributed by atoms with Crippen LogP contribution in [0.3, 0.4) is 0 Å². The minimum absolute atomic E-state index is 0.175. The van der Waals surface area contributed by atoms with Crippen LogP contribution < -0.4 is 5.32 Å². The van der Waals surface area contributed by atoms with Crippen molar-refractivity contribution in [2.24, 2.45) is 0 Å². The van der Waals surface area contributed by atoms with Crippen LogP contribution >= 0.6 is 15.9 Å². The van der Waals surface area contributed by atoms with Gasteiger partial charge in [-0.05, 0) is 46.1 Å². The Bertz CT molecular complexity index is 616. The Hall–Kier alpha value is -1.49. The first-order chi connectivity index (χ1) is 9.51. The second-order valence-electron chi connectivity index (χ2n) is 4.41. The molecule has 1 nitrogen and oxygen atoms in total. The SMILES string of the molecule is CCC(Nc1cc(Br)c(F)cc1F)c1cccc(F)c1. The van der Waals surface area contributed by atoms with Gasteiger partial charge in [-0.3, -0.25) is 0 Å². The van der Waals surface area contributed by atoms with Gasteiger partial charge in [-0.1, -0.05) is 19.1 Å². The van der Waals surface area contributed by atoms with E-state index in [9.17, 15) is 13.2 Å². The summed E-state index contributed by atoms with van der Waals surface area (Å²) < 4.78 is 40.3. The zero-order chi connectivity index (χ0) is 14.7. The third-order valence-electron chi connectivity index (χ3n) is 3.00. The molecule has 0 heterocycles. The first-order valence-corrected chi connectivity index (χ1v) is 6.97. The zero-order valence-electron chi connectivity index (χ0n) is 10.8. The molecule has 0 bridgehead atoms. The standard InChI is InChI=1S/C15H13BrF3N/c1-2-14(9-4-3-5-10(17)6-9)20-15-7-11(16)12(18)8-13(15)19/h3-8,14,20H,2H2,1H3. The van der Waals surface area contributed by atoms with Crippen LogP contribution in [0.5, 0.6) is 0 Å². The second-order valence-corrected chi connectivity index (χ2v) is 5.26. The van der Waals surface area contributed by atoms with E-state index >= 15 is 0 Å². The molecule has 0 amide bonds. The van der Waals surface area contributed by atoms with Crippen LogP contribution in [-0.4, -0.2) is 0 Å². The number of nitrogens with one attached hydrogen (secondary N) is 1. The maximum absolute atomic E-state index is 13.7. The number of halogens is 4. The first kappa shape index (κ1) is 14.9. The van der Waals surface area contributed by atoms with Gasteiger partial charge in [0.25, 0.3) is 0 Å². The Morgan fingerprint density at radius 1 is 1.10 bits per heavy atom. The zero-order valence-corrected chi connectivity index (χ0v) is 12.3. The van der Waals surface area contributed by atoms with E-state index < -0.39 is 11.6 Å². The third-order valence-corrected chi connectivity index (χ3v) is 3.61. The molecule has 0 aliphatic heterocycles. The Kier molecular flexibility index (Phi) is 4.70. The van der Waals surface area contributed by atoms with Crippen LogP contribution in [0.2, 0.25) is 0 Å². The molecule has 0 radical (unpaired) electrons. The van der Waals surface area contributed by atoms with Crippen LogP contribution in [0, 0.1) is 17.5 Å². The van der Waals surface area contributed by atoms with Crippen molar-refractivity contribution >= 4 is 21.6 Å². The number of rotatable bonds is 4. The lowest BCUT2D eigenvalue weighted by molar-refractivity contribution is 0.578. The summed E-state index contributed by atoms with van der Waals surface area (Å²) in [6.07, 6.45) is 0.637. The van der Waals surface area contributed by atoms with Crippen LogP contribution in [0.1, 0.15) is 24.9 Å². The lowest BCUT2D eigenvalue weighted by atomic mass is 10.0. The van der Waals surface area contributed by atoms with Crippen LogP contribution in [0.25, 0.3) is 0 Å². The van der Waals surface area contributed by atoms with Crippen LogP contribution in [0.4, 0.5) is 18.9 Å². The molecule has 0 aliphatic rings. The van der Waals surface area contributed by atoms with Crippen molar-refractivity contribution in [2.45, 2.75) is 19.4 Å². The summed E-state index contributed by atoms with van der Waals surface area (Å²) in [7, 11) is 0. The maximum atomic E-state index is 13.7. The molecule has 0 aliphatic carbocycles. The van der Waals surface area contributed by atoms with E-state index in [0.29, 0.717) is 12.0 Å². The van der Waals surface area contributed by atoms with Crippen molar-refractivity contribution in [1.82, 2.24) is 0 Å². The predicted molar refractivity (Wildman–Crippen MR) is 77.1 cm³/mol. The molecule has 1 N–H and O–H groups in total. The molecular weight excluding hydrogens is 331 g/mol. The Morgan fingerprint density at radius 2 is 1.85 bits per heavy atom. The van der Waals surface area contributed by atoms with Crippen molar-refractivity contribution in [2.75, 3.05) is 5.32 Å². The van der Waals surface area contributed by atoms with Gasteiger partial charge in [0.2, 0.25) is 0 Å². The van der Waals surface area contributed by atoms with Gasteiger partial charge in [-0.25, -0.2) is 13.2 Å². The summed E-state index contributed by atoms with van der Waals surface area (Å²) >= 11 is 3.02. The number of benzene rings is 2. The van der Waals surface area contributed by atoms with Gasteiger partial charge in [0, 0.05) is 6.07 Å². The van der Waals surface area contributed by atoms with E-state index in [0.717, 1.165) is 6.07 Å². The van der Waals surface area contributed by atoms with Crippen molar-refractivity contribution in [3.05, 3.63) is 63.9 Å². The highest BCUT2D eigenvalue weighted by Gasteiger charge is 2.14. The minimum atomic E-state index is -0.680. The molecule has 2 aromatic rings. The molecule has 2 aromatic carbocycles. The average Bonchev–Trinajstić information content (AvgIpc) is 2.41. The van der Waals surface area contributed by atoms with E-state index in [2.05, 4.69) is 21.2 Å². The highest BCUT2D eigenvalue weighted by Crippen LogP contribution is 2.28. The summed E-state index contributed by atoms with van der Waals surface area (Å²) in [4.78, 5) is 0. The highest BCUT2D eigenvalue weighted by molar-refractivity contribution is 9.10. The Balaban J connectivity index is 2.29. The quantitative estimate of drug-likeness (QED) is 0.730. The van der Waals surface area contributed by atoms with Gasteiger partial charge in [0.15, 0.2) is 0 Å². The lowest BCUT2D eigenvalue weighted by Gasteiger charge is -2.19. The smallest absolute Gasteiger partial charge is 0.149 e. The predicted octanol–water partition coefficient (Wildman–Crippen LogP) is 5.43. The molecule has 0 fully saturated rings. The number of anilines is 1. The maximum Gasteiger partial charge on any atom is 0.149 e. The fraction of sp³-hybridized carbons (Fsp3) is 0.200. The molecule has 0 aromatic heterocycles. The average molecular weight is 344 g/mol. The van der Waals surface area contributed by atoms with Crippen molar-refractivity contribution in [1.29, 1.82) is 0 Å². The molecule has 0 saturated heterocycles. The first-order valence-electron chi connectivity index (χ1n) is 6.17. The normalized spacial score (nSPS) is 12.2. The van der Waals surface area contributed by atoms with Crippen LogP contribution in [0.15, 0.2) is 40.9 Å². The fourth-order valence-corrected chi connectivity index (χ4v) is 2.31. The molecule has 0 saturated carbocycles. The second kappa shape index (κ2) is 6.31. The van der Waals surface area contributed by atoms with Gasteiger partial charge in [0.1, 0.15) is 17.5 Å². The molecule has 5 heteroatoms. The summed E-state index contributed by atoms with van der Waals surface area (Å²) in [5, 5.41) is 2.97. The summed E-state index contributed by atoms with van der Waals surface area (Å²) in [5.41, 5.74) is 0.890. The van der Waals surface area contributed by atoms with E-state index in [1.54, 1.807) is 12.1 Å². The lowest BCUT2D eigenvalue weighted by Crippen LogP contribution is -2.11. The van der Waals surface area contributed by atoms with Gasteiger partial charge in [0.05, 0.1) is 16.2 Å². The largest absolute Gasteiger partial charge is 0.376 e. The topological polar surface area (TPSA) is 12.0 Å². The number of hydrogen-bond donors (Lipinski definition) is 1. The Labute approximate surface area is 123 Å². The van der Waals surface area contributed by atoms with E-state index in [4.69, 9.17) is 0 Å². The minimum Gasteiger partial charge on any atom is -0.376 e. The summed E-state index contributed by atoms with van der Waals surface area (Å²) in [6.45, 7) is 1.90. The van der Waals surface area contributed by atoms with Gasteiger partial charge in [-0.15, -0.1) is 0 Å². The van der Waals surface area contributed by atoms with Crippen molar-refractivity contribution < 1.29 is 13.2 Å². The van der Waals surface area contributed by atoms with E-state index in [1.165, 1.54) is 18.2 Å². The van der Waals surface area contributed by atoms with Gasteiger partial charge in [-0.2, -0.15) is 0 Å². The third kappa shape index (κ3) is 3.33. The highest BCUT2D eigenvalue weighted by atomic mass is 79.9. The van der Waals surface area contributed by atoms with E-state index in [1.807, 2.05) is 6.92 Å². The molecule has 1 atom stereocenters. The monoisotopic (exact) mass is 343 g/mol. The Morgan fingerprint density at radius 3 is 2.50 bits per heavy atom. The molecule has 0 spiro atoms. The van der Waals surface area contributed by atoms with E-state index in [-0.39, 0.29) is 22.0 Å². The summed E-state index contributed by atoms with van der Waals surface area (Å²) in [6, 6.07) is 8.02. The van der Waals surface area contributed by atoms with Gasteiger partial charge >= 0.3 is 0 Å². The van der Waals surface area contributed by atoms with Crippen molar-refractivity contribution in [3.8, 4) is 0 Å². The fourth-order valence-electron chi connectivity index (χ4n) is 1.97. The van der Waals surface area contributed by atoms with Crippen LogP contribution in [-0.2, 0) is 0 Å². The van der Waals surface area contributed by atoms with Gasteiger partial charge < -0.3 is 5.32 Å². The molecular formula is C15H13BrF3N. The molecule has 106 valence electrons. The number of hydrogen-bond acceptors (Lipinski definition) is 1. The molecule has 2 rings (SSSR count). The summed E-state index contributed by atoms with van der Waals surface area (Å²) in [5.74, 6) is -1.68.